The second kappa shape index (κ2) is 7.91. The first-order chi connectivity index (χ1) is 9.13. The van der Waals surface area contributed by atoms with Crippen LogP contribution in [0.1, 0.15) is 26.1 Å². The summed E-state index contributed by atoms with van der Waals surface area (Å²) in [7, 11) is 1.79. The Morgan fingerprint density at radius 1 is 1.63 bits per heavy atom. The molecule has 1 rings (SSSR count). The van der Waals surface area contributed by atoms with Crippen molar-refractivity contribution in [3.63, 3.8) is 0 Å². The standard InChI is InChI=1S/C13H24N4O2/c1-4-10(2)12(14-3)13(19)17(7-8-18)9-11-15-5-6-16-11/h5-6,10,12,14,18H,4,7-9H2,1-3H3,(H,15,16)/t10-,12+/m0/s1. The minimum atomic E-state index is -0.230. The van der Waals surface area contributed by atoms with Gasteiger partial charge in [-0.2, -0.15) is 0 Å². The Bertz CT molecular complexity index is 367. The molecule has 0 aliphatic rings. The number of rotatable bonds is 8. The van der Waals surface area contributed by atoms with Crippen LogP contribution in [0.25, 0.3) is 0 Å². The van der Waals surface area contributed by atoms with Crippen molar-refractivity contribution in [2.75, 3.05) is 20.2 Å². The summed E-state index contributed by atoms with van der Waals surface area (Å²) >= 11 is 0. The molecule has 0 aliphatic carbocycles. The summed E-state index contributed by atoms with van der Waals surface area (Å²) in [6, 6.07) is -0.230. The number of aromatic nitrogens is 2. The lowest BCUT2D eigenvalue weighted by Crippen LogP contribution is -2.49. The zero-order valence-electron chi connectivity index (χ0n) is 11.9. The van der Waals surface area contributed by atoms with Crippen LogP contribution in [0.3, 0.4) is 0 Å². The van der Waals surface area contributed by atoms with Crippen molar-refractivity contribution in [2.24, 2.45) is 5.92 Å². The minimum Gasteiger partial charge on any atom is -0.395 e. The van der Waals surface area contributed by atoms with Crippen LogP contribution in [-0.4, -0.2) is 52.1 Å². The maximum atomic E-state index is 12.5. The molecule has 19 heavy (non-hydrogen) atoms. The van der Waals surface area contributed by atoms with Gasteiger partial charge in [-0.1, -0.05) is 20.3 Å². The average molecular weight is 268 g/mol. The molecule has 2 atom stereocenters. The van der Waals surface area contributed by atoms with Gasteiger partial charge in [-0.15, -0.1) is 0 Å². The molecule has 1 heterocycles. The third-order valence-electron chi connectivity index (χ3n) is 3.37. The molecule has 1 amide bonds. The summed E-state index contributed by atoms with van der Waals surface area (Å²) in [6.45, 7) is 4.76. The lowest BCUT2D eigenvalue weighted by atomic mass is 9.98. The van der Waals surface area contributed by atoms with E-state index in [0.717, 1.165) is 12.2 Å². The molecule has 0 saturated carbocycles. The Labute approximate surface area is 114 Å². The van der Waals surface area contributed by atoms with Crippen molar-refractivity contribution in [3.8, 4) is 0 Å². The molecule has 1 aromatic heterocycles. The average Bonchev–Trinajstić information content (AvgIpc) is 2.91. The van der Waals surface area contributed by atoms with E-state index >= 15 is 0 Å². The van der Waals surface area contributed by atoms with E-state index in [0.29, 0.717) is 13.1 Å². The van der Waals surface area contributed by atoms with Crippen LogP contribution in [0.5, 0.6) is 0 Å². The topological polar surface area (TPSA) is 81.2 Å². The first kappa shape index (κ1) is 15.7. The molecule has 0 unspecified atom stereocenters. The normalized spacial score (nSPS) is 14.1. The first-order valence-corrected chi connectivity index (χ1v) is 6.69. The van der Waals surface area contributed by atoms with Crippen molar-refractivity contribution in [1.29, 1.82) is 0 Å². The fraction of sp³-hybridized carbons (Fsp3) is 0.692. The Hall–Kier alpha value is -1.40. The SMILES string of the molecule is CC[C@H](C)[C@@H](NC)C(=O)N(CCO)Cc1ncc[nH]1. The summed E-state index contributed by atoms with van der Waals surface area (Å²) in [6.07, 6.45) is 4.30. The quantitative estimate of drug-likeness (QED) is 0.636. The van der Waals surface area contributed by atoms with Crippen LogP contribution in [-0.2, 0) is 11.3 Å². The van der Waals surface area contributed by atoms with Gasteiger partial charge in [0.1, 0.15) is 5.82 Å². The van der Waals surface area contributed by atoms with Gasteiger partial charge in [0.05, 0.1) is 19.2 Å². The highest BCUT2D eigenvalue weighted by molar-refractivity contribution is 5.82. The fourth-order valence-electron chi connectivity index (χ4n) is 2.04. The maximum Gasteiger partial charge on any atom is 0.240 e. The van der Waals surface area contributed by atoms with Gasteiger partial charge in [-0.05, 0) is 13.0 Å². The molecule has 0 aromatic carbocycles. The molecule has 0 spiro atoms. The highest BCUT2D eigenvalue weighted by Crippen LogP contribution is 2.12. The first-order valence-electron chi connectivity index (χ1n) is 6.69. The van der Waals surface area contributed by atoms with E-state index in [9.17, 15) is 4.79 Å². The smallest absolute Gasteiger partial charge is 0.240 e. The van der Waals surface area contributed by atoms with E-state index in [1.165, 1.54) is 0 Å². The number of aliphatic hydroxyl groups excluding tert-OH is 1. The number of nitrogens with zero attached hydrogens (tertiary/aromatic N) is 2. The van der Waals surface area contributed by atoms with E-state index in [1.807, 2.05) is 6.92 Å². The monoisotopic (exact) mass is 268 g/mol. The predicted molar refractivity (Wildman–Crippen MR) is 73.4 cm³/mol. The van der Waals surface area contributed by atoms with E-state index in [1.54, 1.807) is 24.3 Å². The van der Waals surface area contributed by atoms with Gasteiger partial charge in [-0.25, -0.2) is 4.98 Å². The molecular formula is C13H24N4O2. The van der Waals surface area contributed by atoms with Crippen LogP contribution in [0.4, 0.5) is 0 Å². The van der Waals surface area contributed by atoms with Gasteiger partial charge in [0.2, 0.25) is 5.91 Å². The lowest BCUT2D eigenvalue weighted by Gasteiger charge is -2.29. The molecule has 6 heteroatoms. The number of hydrogen-bond acceptors (Lipinski definition) is 4. The van der Waals surface area contributed by atoms with E-state index in [-0.39, 0.29) is 24.5 Å². The summed E-state index contributed by atoms with van der Waals surface area (Å²) in [5.74, 6) is 0.971. The lowest BCUT2D eigenvalue weighted by molar-refractivity contribution is -0.135. The number of aliphatic hydroxyl groups is 1. The van der Waals surface area contributed by atoms with Crippen molar-refractivity contribution in [1.82, 2.24) is 20.2 Å². The van der Waals surface area contributed by atoms with Crippen LogP contribution < -0.4 is 5.32 Å². The highest BCUT2D eigenvalue weighted by atomic mass is 16.3. The third kappa shape index (κ3) is 4.33. The van der Waals surface area contributed by atoms with Crippen molar-refractivity contribution in [2.45, 2.75) is 32.9 Å². The highest BCUT2D eigenvalue weighted by Gasteiger charge is 2.27. The Morgan fingerprint density at radius 2 is 2.37 bits per heavy atom. The molecular weight excluding hydrogens is 244 g/mol. The number of amides is 1. The molecule has 0 saturated heterocycles. The number of imidazole rings is 1. The molecule has 108 valence electrons. The van der Waals surface area contributed by atoms with Gasteiger partial charge < -0.3 is 20.3 Å². The molecule has 1 aromatic rings. The minimum absolute atomic E-state index is 0.00213. The zero-order chi connectivity index (χ0) is 14.3. The van der Waals surface area contributed by atoms with Gasteiger partial charge in [0.15, 0.2) is 0 Å². The van der Waals surface area contributed by atoms with Crippen LogP contribution in [0, 0.1) is 5.92 Å². The second-order valence-electron chi connectivity index (χ2n) is 4.67. The molecule has 0 aliphatic heterocycles. The van der Waals surface area contributed by atoms with Crippen molar-refractivity contribution >= 4 is 5.91 Å². The van der Waals surface area contributed by atoms with Crippen LogP contribution in [0.2, 0.25) is 0 Å². The number of nitrogens with one attached hydrogen (secondary N) is 2. The van der Waals surface area contributed by atoms with Gasteiger partial charge in [0.25, 0.3) is 0 Å². The van der Waals surface area contributed by atoms with E-state index in [4.69, 9.17) is 5.11 Å². The molecule has 0 fully saturated rings. The number of aromatic amines is 1. The zero-order valence-corrected chi connectivity index (χ0v) is 11.9. The molecule has 0 radical (unpaired) electrons. The van der Waals surface area contributed by atoms with Gasteiger partial charge in [-0.3, -0.25) is 4.79 Å². The molecule has 3 N–H and O–H groups in total. The third-order valence-corrected chi connectivity index (χ3v) is 3.37. The number of carbonyl (C=O) groups is 1. The number of H-pyrrole nitrogens is 1. The molecule has 6 nitrogen and oxygen atoms in total. The predicted octanol–water partition coefficient (Wildman–Crippen LogP) is 0.365. The number of likely N-dealkylation sites (N-methyl/N-ethyl adjacent to an activating group) is 1. The maximum absolute atomic E-state index is 12.5. The van der Waals surface area contributed by atoms with Gasteiger partial charge >= 0.3 is 0 Å². The Kier molecular flexibility index (Phi) is 6.52. The fourth-order valence-corrected chi connectivity index (χ4v) is 2.04. The van der Waals surface area contributed by atoms with Crippen molar-refractivity contribution in [3.05, 3.63) is 18.2 Å². The summed E-state index contributed by atoms with van der Waals surface area (Å²) in [5.41, 5.74) is 0. The van der Waals surface area contributed by atoms with E-state index < -0.39 is 0 Å². The number of hydrogen-bond donors (Lipinski definition) is 3. The van der Waals surface area contributed by atoms with Crippen LogP contribution in [0.15, 0.2) is 12.4 Å². The number of carbonyl (C=O) groups excluding carboxylic acids is 1. The van der Waals surface area contributed by atoms with Crippen LogP contribution >= 0.6 is 0 Å². The van der Waals surface area contributed by atoms with Crippen molar-refractivity contribution < 1.29 is 9.90 Å². The summed E-state index contributed by atoms with van der Waals surface area (Å²) in [4.78, 5) is 21.2. The van der Waals surface area contributed by atoms with Gasteiger partial charge in [0, 0.05) is 18.9 Å². The molecule has 0 bridgehead atoms. The summed E-state index contributed by atoms with van der Waals surface area (Å²) < 4.78 is 0. The Morgan fingerprint density at radius 3 is 2.84 bits per heavy atom. The summed E-state index contributed by atoms with van der Waals surface area (Å²) in [5, 5.41) is 12.2. The Balaban J connectivity index is 2.76. The van der Waals surface area contributed by atoms with E-state index in [2.05, 4.69) is 22.2 Å². The second-order valence-corrected chi connectivity index (χ2v) is 4.67. The largest absolute Gasteiger partial charge is 0.395 e.